The molecule has 0 saturated carbocycles. The molecule has 0 amide bonds. The van der Waals surface area contributed by atoms with Crippen molar-refractivity contribution in [2.45, 2.75) is 12.2 Å². The molecule has 1 heterocycles. The zero-order valence-electron chi connectivity index (χ0n) is 13.0. The predicted molar refractivity (Wildman–Crippen MR) is 97.6 cm³/mol. The maximum absolute atomic E-state index is 8.53. The lowest BCUT2D eigenvalue weighted by Gasteiger charge is -2.05. The van der Waals surface area contributed by atoms with E-state index in [1.165, 1.54) is 5.56 Å². The van der Waals surface area contributed by atoms with Crippen LogP contribution in [-0.2, 0) is 12.2 Å². The molecule has 5 nitrogen and oxygen atoms in total. The first-order valence-electron chi connectivity index (χ1n) is 7.22. The number of aliphatic imine (C=N–C) groups is 1. The number of nitrogens with one attached hydrogen (secondary N) is 2. The van der Waals surface area contributed by atoms with E-state index in [0.717, 1.165) is 35.2 Å². The maximum atomic E-state index is 8.53. The van der Waals surface area contributed by atoms with E-state index in [4.69, 9.17) is 5.26 Å². The van der Waals surface area contributed by atoms with Crippen LogP contribution in [0.4, 0.5) is 0 Å². The Morgan fingerprint density at radius 1 is 1.39 bits per heavy atom. The van der Waals surface area contributed by atoms with Gasteiger partial charge in [-0.3, -0.25) is 10.3 Å². The lowest BCUT2D eigenvalue weighted by atomic mass is 10.2. The first-order chi connectivity index (χ1) is 11.3. The minimum absolute atomic E-state index is 0.506. The highest BCUT2D eigenvalue weighted by Crippen LogP contribution is 2.18. The number of benzene rings is 1. The van der Waals surface area contributed by atoms with Gasteiger partial charge in [0.25, 0.3) is 0 Å². The van der Waals surface area contributed by atoms with E-state index in [-0.39, 0.29) is 0 Å². The first kappa shape index (κ1) is 17.3. The minimum atomic E-state index is 0.506. The molecule has 0 saturated heterocycles. The van der Waals surface area contributed by atoms with Crippen molar-refractivity contribution >= 4 is 29.1 Å². The summed E-state index contributed by atoms with van der Waals surface area (Å²) >= 11 is 3.53. The first-order valence-corrected chi connectivity index (χ1v) is 9.26. The third kappa shape index (κ3) is 6.30. The number of hydrogen-bond acceptors (Lipinski definition) is 5. The Labute approximate surface area is 144 Å². The lowest BCUT2D eigenvalue weighted by molar-refractivity contribution is 0.930. The van der Waals surface area contributed by atoms with Gasteiger partial charge in [-0.1, -0.05) is 30.3 Å². The van der Waals surface area contributed by atoms with Crippen molar-refractivity contribution in [1.82, 2.24) is 15.6 Å². The second-order valence-corrected chi connectivity index (χ2v) is 6.73. The van der Waals surface area contributed by atoms with Crippen LogP contribution in [0.5, 0.6) is 0 Å². The molecule has 2 rings (SSSR count). The highest BCUT2D eigenvalue weighted by molar-refractivity contribution is 7.98. The van der Waals surface area contributed by atoms with E-state index in [2.05, 4.69) is 50.3 Å². The average molecular weight is 345 g/mol. The van der Waals surface area contributed by atoms with Gasteiger partial charge in [-0.2, -0.15) is 17.0 Å². The SMILES string of the molecule is CN=C(NC#N)NCCSCc1csc(Cc2ccccc2)n1. The van der Waals surface area contributed by atoms with Gasteiger partial charge in [0.1, 0.15) is 0 Å². The summed E-state index contributed by atoms with van der Waals surface area (Å²) in [5.74, 6) is 2.33. The molecule has 1 aromatic carbocycles. The molecule has 0 aliphatic heterocycles. The van der Waals surface area contributed by atoms with Crippen molar-refractivity contribution in [2.75, 3.05) is 19.3 Å². The Morgan fingerprint density at radius 3 is 2.96 bits per heavy atom. The standard InChI is InChI=1S/C16H19N5S2/c1-18-16(20-12-17)19-7-8-22-10-14-11-23-15(21-14)9-13-5-3-2-4-6-13/h2-6,11H,7-10H2,1H3,(H2,18,19,20). The summed E-state index contributed by atoms with van der Waals surface area (Å²) in [6, 6.07) is 10.4. The summed E-state index contributed by atoms with van der Waals surface area (Å²) < 4.78 is 0. The Morgan fingerprint density at radius 2 is 2.22 bits per heavy atom. The van der Waals surface area contributed by atoms with Crippen LogP contribution in [0, 0.1) is 11.5 Å². The number of nitriles is 1. The van der Waals surface area contributed by atoms with E-state index in [1.54, 1.807) is 18.4 Å². The molecule has 0 fully saturated rings. The molecule has 120 valence electrons. The van der Waals surface area contributed by atoms with E-state index in [1.807, 2.05) is 24.0 Å². The van der Waals surface area contributed by atoms with Crippen molar-refractivity contribution in [3.05, 3.63) is 52.0 Å². The molecule has 2 aromatic rings. The van der Waals surface area contributed by atoms with Crippen LogP contribution in [0.1, 0.15) is 16.3 Å². The fraction of sp³-hybridized carbons (Fsp3) is 0.312. The van der Waals surface area contributed by atoms with Gasteiger partial charge in [0, 0.05) is 36.9 Å². The number of guanidine groups is 1. The fourth-order valence-corrected chi connectivity index (χ4v) is 3.60. The summed E-state index contributed by atoms with van der Waals surface area (Å²) in [5, 5.41) is 17.4. The second kappa shape index (κ2) is 9.87. The monoisotopic (exact) mass is 345 g/mol. The normalized spacial score (nSPS) is 11.0. The summed E-state index contributed by atoms with van der Waals surface area (Å²) in [7, 11) is 1.64. The van der Waals surface area contributed by atoms with Crippen molar-refractivity contribution < 1.29 is 0 Å². The topological polar surface area (TPSA) is 73.1 Å². The zero-order chi connectivity index (χ0) is 16.3. The van der Waals surface area contributed by atoms with Gasteiger partial charge in [-0.25, -0.2) is 4.98 Å². The largest absolute Gasteiger partial charge is 0.355 e. The van der Waals surface area contributed by atoms with Gasteiger partial charge < -0.3 is 5.32 Å². The molecule has 0 spiro atoms. The average Bonchev–Trinajstić information content (AvgIpc) is 3.02. The third-order valence-corrected chi connectivity index (χ3v) is 4.87. The van der Waals surface area contributed by atoms with Crippen LogP contribution in [0.15, 0.2) is 40.7 Å². The highest BCUT2D eigenvalue weighted by atomic mass is 32.2. The molecule has 0 unspecified atom stereocenters. The van der Waals surface area contributed by atoms with Crippen LogP contribution >= 0.6 is 23.1 Å². The van der Waals surface area contributed by atoms with Crippen LogP contribution < -0.4 is 10.6 Å². The highest BCUT2D eigenvalue weighted by Gasteiger charge is 2.03. The molecule has 23 heavy (non-hydrogen) atoms. The van der Waals surface area contributed by atoms with Gasteiger partial charge in [0.05, 0.1) is 10.7 Å². The van der Waals surface area contributed by atoms with Crippen LogP contribution in [0.25, 0.3) is 0 Å². The summed E-state index contributed by atoms with van der Waals surface area (Å²) in [5.41, 5.74) is 2.42. The van der Waals surface area contributed by atoms with Gasteiger partial charge in [0.2, 0.25) is 5.96 Å². The van der Waals surface area contributed by atoms with Gasteiger partial charge >= 0.3 is 0 Å². The summed E-state index contributed by atoms with van der Waals surface area (Å²) in [4.78, 5) is 8.61. The number of thiazole rings is 1. The maximum Gasteiger partial charge on any atom is 0.204 e. The van der Waals surface area contributed by atoms with Crippen LogP contribution in [-0.4, -0.2) is 30.3 Å². The van der Waals surface area contributed by atoms with Crippen LogP contribution in [0.2, 0.25) is 0 Å². The number of nitrogens with zero attached hydrogens (tertiary/aromatic N) is 3. The zero-order valence-corrected chi connectivity index (χ0v) is 14.6. The number of aromatic nitrogens is 1. The molecule has 0 aliphatic carbocycles. The molecule has 0 aliphatic rings. The summed E-state index contributed by atoms with van der Waals surface area (Å²) in [6.45, 7) is 0.757. The van der Waals surface area contributed by atoms with Crippen molar-refractivity contribution in [3.8, 4) is 6.19 Å². The van der Waals surface area contributed by atoms with E-state index >= 15 is 0 Å². The molecular weight excluding hydrogens is 326 g/mol. The lowest BCUT2D eigenvalue weighted by Crippen LogP contribution is -2.35. The molecule has 0 bridgehead atoms. The fourth-order valence-electron chi connectivity index (χ4n) is 1.92. The van der Waals surface area contributed by atoms with E-state index in [0.29, 0.717) is 5.96 Å². The van der Waals surface area contributed by atoms with Crippen molar-refractivity contribution in [3.63, 3.8) is 0 Å². The van der Waals surface area contributed by atoms with Gasteiger partial charge in [-0.15, -0.1) is 11.3 Å². The number of hydrogen-bond donors (Lipinski definition) is 2. The van der Waals surface area contributed by atoms with Gasteiger partial charge in [0.15, 0.2) is 6.19 Å². The predicted octanol–water partition coefficient (Wildman–Crippen LogP) is 2.61. The second-order valence-electron chi connectivity index (χ2n) is 4.68. The number of thioether (sulfide) groups is 1. The third-order valence-electron chi connectivity index (χ3n) is 2.98. The molecule has 1 aromatic heterocycles. The Balaban J connectivity index is 1.68. The Bertz CT molecular complexity index is 661. The molecular formula is C16H19N5S2. The van der Waals surface area contributed by atoms with E-state index < -0.39 is 0 Å². The quantitative estimate of drug-likeness (QED) is 0.265. The molecule has 7 heteroatoms. The smallest absolute Gasteiger partial charge is 0.204 e. The minimum Gasteiger partial charge on any atom is -0.355 e. The summed E-state index contributed by atoms with van der Waals surface area (Å²) in [6.07, 6.45) is 2.75. The Kier molecular flexibility index (Phi) is 7.43. The van der Waals surface area contributed by atoms with Gasteiger partial charge in [-0.05, 0) is 5.56 Å². The molecule has 2 N–H and O–H groups in total. The number of rotatable bonds is 7. The molecule has 0 radical (unpaired) electrons. The van der Waals surface area contributed by atoms with Crippen LogP contribution in [0.3, 0.4) is 0 Å². The Hall–Kier alpha value is -2.04. The van der Waals surface area contributed by atoms with E-state index in [9.17, 15) is 0 Å². The molecule has 0 atom stereocenters. The van der Waals surface area contributed by atoms with Crippen molar-refractivity contribution in [1.29, 1.82) is 5.26 Å². The van der Waals surface area contributed by atoms with Crippen molar-refractivity contribution in [2.24, 2.45) is 4.99 Å².